The number of allylic oxidation sites excluding steroid dienone is 4. The molecule has 4 fully saturated rings. The van der Waals surface area contributed by atoms with Gasteiger partial charge in [0, 0.05) is 6.61 Å². The lowest BCUT2D eigenvalue weighted by atomic mass is 9.60. The molecule has 4 unspecified atom stereocenters. The molecule has 43 heavy (non-hydrogen) atoms. The van der Waals surface area contributed by atoms with Crippen LogP contribution in [0.15, 0.2) is 37.0 Å². The molecule has 0 aromatic heterocycles. The fraction of sp³-hybridized carbons (Fsp3) is 0.850. The molecule has 4 saturated carbocycles. The zero-order valence-electron chi connectivity index (χ0n) is 29.2. The van der Waals surface area contributed by atoms with Crippen molar-refractivity contribution in [3.05, 3.63) is 37.0 Å². The van der Waals surface area contributed by atoms with Crippen molar-refractivity contribution in [2.24, 2.45) is 47.3 Å². The first kappa shape index (κ1) is 40.1. The minimum absolute atomic E-state index is 0.250. The van der Waals surface area contributed by atoms with Crippen LogP contribution in [0.4, 0.5) is 8.78 Å². The van der Waals surface area contributed by atoms with Crippen molar-refractivity contribution in [3.8, 4) is 0 Å². The number of ether oxygens (including phenoxy) is 1. The molecule has 3 heteroatoms. The maximum Gasteiger partial charge on any atom is 0.0866 e. The van der Waals surface area contributed by atoms with E-state index in [1.807, 2.05) is 6.08 Å². The van der Waals surface area contributed by atoms with Crippen LogP contribution < -0.4 is 0 Å². The SMILES string of the molecule is C/C=C/CCC1CCC(C2CCC(C3CCC4CC(COC/C=C\CC)CCC4C3)CC2)CC1.C=CCC.CCF.CF. The third-order valence-corrected chi connectivity index (χ3v) is 11.0. The Morgan fingerprint density at radius 2 is 1.07 bits per heavy atom. The largest absolute Gasteiger partial charge is 0.377 e. The summed E-state index contributed by atoms with van der Waals surface area (Å²) < 4.78 is 25.8. The fourth-order valence-electron chi connectivity index (χ4n) is 8.67. The van der Waals surface area contributed by atoms with E-state index in [1.165, 1.54) is 58.3 Å². The zero-order valence-corrected chi connectivity index (χ0v) is 29.2. The second kappa shape index (κ2) is 26.3. The average Bonchev–Trinajstić information content (AvgIpc) is 3.06. The van der Waals surface area contributed by atoms with Gasteiger partial charge in [-0.15, -0.1) is 6.58 Å². The number of hydrogen-bond donors (Lipinski definition) is 0. The molecule has 0 aromatic rings. The van der Waals surface area contributed by atoms with E-state index in [2.05, 4.69) is 51.7 Å². The van der Waals surface area contributed by atoms with Crippen molar-refractivity contribution < 1.29 is 13.5 Å². The average molecular weight is 607 g/mol. The van der Waals surface area contributed by atoms with E-state index in [0.29, 0.717) is 7.18 Å². The highest BCUT2D eigenvalue weighted by Gasteiger charge is 2.39. The minimum atomic E-state index is -0.250. The zero-order chi connectivity index (χ0) is 31.7. The summed E-state index contributed by atoms with van der Waals surface area (Å²) in [5.74, 6) is 8.21. The summed E-state index contributed by atoms with van der Waals surface area (Å²) in [6.45, 7) is 12.9. The van der Waals surface area contributed by atoms with Crippen molar-refractivity contribution in [2.75, 3.05) is 27.1 Å². The molecule has 0 N–H and O–H groups in total. The number of halogens is 2. The third kappa shape index (κ3) is 16.3. The van der Waals surface area contributed by atoms with Gasteiger partial charge in [0.25, 0.3) is 0 Å². The van der Waals surface area contributed by atoms with Crippen molar-refractivity contribution >= 4 is 0 Å². The summed E-state index contributed by atoms with van der Waals surface area (Å²) in [5, 5.41) is 0. The van der Waals surface area contributed by atoms with Crippen LogP contribution in [-0.4, -0.2) is 27.1 Å². The van der Waals surface area contributed by atoms with Gasteiger partial charge in [-0.1, -0.05) is 57.1 Å². The van der Waals surface area contributed by atoms with Crippen LogP contribution in [0, 0.1) is 47.3 Å². The van der Waals surface area contributed by atoms with Crippen LogP contribution in [0.3, 0.4) is 0 Å². The first-order valence-corrected chi connectivity index (χ1v) is 18.5. The fourth-order valence-corrected chi connectivity index (χ4v) is 8.67. The molecule has 0 spiro atoms. The predicted molar refractivity (Wildman–Crippen MR) is 186 cm³/mol. The van der Waals surface area contributed by atoms with E-state index in [1.54, 1.807) is 51.4 Å². The lowest BCUT2D eigenvalue weighted by molar-refractivity contribution is 0.0270. The second-order valence-corrected chi connectivity index (χ2v) is 13.8. The Morgan fingerprint density at radius 3 is 1.60 bits per heavy atom. The third-order valence-electron chi connectivity index (χ3n) is 11.0. The molecule has 1 nitrogen and oxygen atoms in total. The van der Waals surface area contributed by atoms with E-state index < -0.39 is 0 Å². The van der Waals surface area contributed by atoms with Gasteiger partial charge in [0.1, 0.15) is 0 Å². The summed E-state index contributed by atoms with van der Waals surface area (Å²) >= 11 is 0. The van der Waals surface area contributed by atoms with Gasteiger partial charge in [-0.3, -0.25) is 8.78 Å². The van der Waals surface area contributed by atoms with E-state index in [9.17, 15) is 8.78 Å². The van der Waals surface area contributed by atoms with E-state index >= 15 is 0 Å². The highest BCUT2D eigenvalue weighted by Crippen LogP contribution is 2.50. The summed E-state index contributed by atoms with van der Waals surface area (Å²) in [4.78, 5) is 0. The van der Waals surface area contributed by atoms with Gasteiger partial charge >= 0.3 is 0 Å². The van der Waals surface area contributed by atoms with Gasteiger partial charge in [-0.2, -0.15) is 0 Å². The standard InChI is InChI=1S/C33H56O.C4H8.C2H5F.CH3F/c1-3-5-7-9-26-10-13-28(14-11-26)29-16-18-30(19-17-29)32-21-20-31-23-27(12-15-33(31)24-32)25-34-22-8-6-4-2;1-3-4-2;1-2-3;1-2/h3,5-6,8,26-33H,4,7,9-25H2,1-2H3;3H,1,4H2,2H3;2H2,1H3;1H3/b5-3+,8-6-;;;. The molecule has 0 aromatic carbocycles. The summed E-state index contributed by atoms with van der Waals surface area (Å²) in [6, 6.07) is 0. The monoisotopic (exact) mass is 607 g/mol. The Morgan fingerprint density at radius 1 is 0.628 bits per heavy atom. The van der Waals surface area contributed by atoms with E-state index in [0.717, 1.165) is 73.4 Å². The van der Waals surface area contributed by atoms with Crippen LogP contribution in [0.2, 0.25) is 0 Å². The predicted octanol–water partition coefficient (Wildman–Crippen LogP) is 12.9. The molecular formula is C40H72F2O. The Hall–Kier alpha value is -0.960. The van der Waals surface area contributed by atoms with Gasteiger partial charge in [0.15, 0.2) is 0 Å². The van der Waals surface area contributed by atoms with Crippen molar-refractivity contribution in [1.29, 1.82) is 0 Å². The van der Waals surface area contributed by atoms with Crippen LogP contribution in [0.1, 0.15) is 143 Å². The van der Waals surface area contributed by atoms with Gasteiger partial charge < -0.3 is 4.74 Å². The molecular weight excluding hydrogens is 534 g/mol. The minimum Gasteiger partial charge on any atom is -0.377 e. The van der Waals surface area contributed by atoms with Gasteiger partial charge in [-0.05, 0) is 164 Å². The van der Waals surface area contributed by atoms with Crippen LogP contribution >= 0.6 is 0 Å². The second-order valence-electron chi connectivity index (χ2n) is 13.8. The lowest BCUT2D eigenvalue weighted by Gasteiger charge is -2.46. The molecule has 4 aliphatic carbocycles. The Kier molecular flexibility index (Phi) is 24.5. The highest BCUT2D eigenvalue weighted by molar-refractivity contribution is 4.91. The van der Waals surface area contributed by atoms with Crippen molar-refractivity contribution in [3.63, 3.8) is 0 Å². The van der Waals surface area contributed by atoms with Crippen LogP contribution in [0.25, 0.3) is 0 Å². The molecule has 0 radical (unpaired) electrons. The normalized spacial score (nSPS) is 32.3. The summed E-state index contributed by atoms with van der Waals surface area (Å²) in [7, 11) is 0.500. The molecule has 252 valence electrons. The van der Waals surface area contributed by atoms with E-state index in [-0.39, 0.29) is 6.67 Å². The molecule has 0 bridgehead atoms. The lowest BCUT2D eigenvalue weighted by Crippen LogP contribution is -2.36. The molecule has 0 amide bonds. The number of rotatable bonds is 11. The molecule has 4 aliphatic rings. The number of hydrogen-bond acceptors (Lipinski definition) is 1. The smallest absolute Gasteiger partial charge is 0.0866 e. The summed E-state index contributed by atoms with van der Waals surface area (Å²) in [6.07, 6.45) is 37.3. The van der Waals surface area contributed by atoms with E-state index in [4.69, 9.17) is 4.74 Å². The van der Waals surface area contributed by atoms with Gasteiger partial charge in [-0.25, -0.2) is 0 Å². The van der Waals surface area contributed by atoms with Crippen LogP contribution in [-0.2, 0) is 4.74 Å². The molecule has 4 rings (SSSR count). The number of alkyl halides is 2. The molecule has 0 saturated heterocycles. The topological polar surface area (TPSA) is 9.23 Å². The van der Waals surface area contributed by atoms with Crippen molar-refractivity contribution in [2.45, 2.75) is 143 Å². The maximum absolute atomic E-state index is 10.3. The summed E-state index contributed by atoms with van der Waals surface area (Å²) in [5.41, 5.74) is 0. The first-order chi connectivity index (χ1) is 21.1. The first-order valence-electron chi connectivity index (χ1n) is 18.5. The quantitative estimate of drug-likeness (QED) is 0.168. The van der Waals surface area contributed by atoms with Gasteiger partial charge in [0.2, 0.25) is 0 Å². The molecule has 0 aliphatic heterocycles. The molecule has 0 heterocycles. The molecule has 4 atom stereocenters. The van der Waals surface area contributed by atoms with Crippen LogP contribution in [0.5, 0.6) is 0 Å². The van der Waals surface area contributed by atoms with Crippen molar-refractivity contribution in [1.82, 2.24) is 0 Å². The Labute approximate surface area is 267 Å². The Balaban J connectivity index is 0.000000916. The number of fused-ring (bicyclic) bond motifs is 1. The highest BCUT2D eigenvalue weighted by atomic mass is 19.1. The maximum atomic E-state index is 10.3. The van der Waals surface area contributed by atoms with Gasteiger partial charge in [0.05, 0.1) is 20.5 Å². The Bertz CT molecular complexity index is 687.